The van der Waals surface area contributed by atoms with E-state index >= 15 is 0 Å². The molecule has 0 rings (SSSR count). The van der Waals surface area contributed by atoms with Gasteiger partial charge in [0.2, 0.25) is 0 Å². The van der Waals surface area contributed by atoms with Crippen LogP contribution in [-0.2, 0) is 14.3 Å². The van der Waals surface area contributed by atoms with Crippen molar-refractivity contribution >= 4 is 11.9 Å². The molecular formula is C9H16O5. The lowest BCUT2D eigenvalue weighted by atomic mass is 9.87. The second-order valence-corrected chi connectivity index (χ2v) is 3.13. The average molecular weight is 206 g/mol. The molecule has 0 aliphatic heterocycles. The van der Waals surface area contributed by atoms with Crippen molar-refractivity contribution in [3.05, 3.63) is 0 Å². The minimum Gasteiger partial charge on any atom is -0.481 e. The maximum atomic E-state index is 11.4. The highest BCUT2D eigenvalue weighted by Crippen LogP contribution is 2.21. The molecule has 0 aromatic rings. The van der Waals surface area contributed by atoms with Crippen LogP contribution in [0, 0.1) is 11.8 Å². The van der Waals surface area contributed by atoms with E-state index in [1.165, 1.54) is 14.0 Å². The zero-order chi connectivity index (χ0) is 12.7. The molecule has 0 amide bonds. The van der Waals surface area contributed by atoms with Gasteiger partial charge >= 0.3 is 11.9 Å². The Labute approximate surface area is 85.7 Å². The van der Waals surface area contributed by atoms with Crippen molar-refractivity contribution in [3.63, 3.8) is 0 Å². The molecule has 0 saturated carbocycles. The van der Waals surface area contributed by atoms with Crippen LogP contribution in [0.25, 0.3) is 2.86 Å². The van der Waals surface area contributed by atoms with E-state index in [1.54, 1.807) is 6.92 Å². The second-order valence-electron chi connectivity index (χ2n) is 3.13. The van der Waals surface area contributed by atoms with Crippen LogP contribution >= 0.6 is 0 Å². The summed E-state index contributed by atoms with van der Waals surface area (Å²) in [6.07, 6.45) is -0.0711. The first-order valence-corrected chi connectivity index (χ1v) is 4.40. The predicted octanol–water partition coefficient (Wildman–Crippen LogP) is 0.833. The quantitative estimate of drug-likeness (QED) is 0.672. The van der Waals surface area contributed by atoms with Gasteiger partial charge in [-0.1, -0.05) is 13.8 Å². The molecule has 14 heavy (non-hydrogen) atoms. The molecule has 0 fully saturated rings. The molecule has 5 heteroatoms. The third-order valence-corrected chi connectivity index (χ3v) is 2.29. The Morgan fingerprint density at radius 3 is 2.36 bits per heavy atom. The molecule has 5 nitrogen and oxygen atoms in total. The van der Waals surface area contributed by atoms with E-state index in [-0.39, 0.29) is 0 Å². The largest absolute Gasteiger partial charge is 0.481 e. The molecule has 0 spiro atoms. The van der Waals surface area contributed by atoms with Gasteiger partial charge in [0.05, 0.1) is 17.9 Å². The van der Waals surface area contributed by atoms with Crippen LogP contribution in [-0.4, -0.2) is 35.4 Å². The van der Waals surface area contributed by atoms with Gasteiger partial charge in [0.15, 0.2) is 0 Å². The van der Waals surface area contributed by atoms with E-state index in [1.807, 2.05) is 0 Å². The summed E-state index contributed by atoms with van der Waals surface area (Å²) < 4.78 is 18.1. The van der Waals surface area contributed by atoms with Crippen molar-refractivity contribution in [2.75, 3.05) is 7.11 Å². The Bertz CT molecular complexity index is 242. The van der Waals surface area contributed by atoms with Gasteiger partial charge in [-0.2, -0.15) is 0 Å². The topological polar surface area (TPSA) is 83.8 Å². The van der Waals surface area contributed by atoms with Crippen LogP contribution in [0.5, 0.6) is 0 Å². The average Bonchev–Trinajstić information content (AvgIpc) is 2.32. The van der Waals surface area contributed by atoms with E-state index in [0.717, 1.165) is 0 Å². The number of hydrogen-bond donors (Lipinski definition) is 2. The van der Waals surface area contributed by atoms with Crippen LogP contribution < -0.4 is 0 Å². The van der Waals surface area contributed by atoms with Crippen LogP contribution in [0.2, 0.25) is 0 Å². The molecular weight excluding hydrogens is 188 g/mol. The molecule has 0 aromatic heterocycles. The molecule has 0 radical (unpaired) electrons. The summed E-state index contributed by atoms with van der Waals surface area (Å²) in [5, 5.41) is 7.69. The number of carboxylic acids is 2. The third-order valence-electron chi connectivity index (χ3n) is 2.29. The molecule has 0 bridgehead atoms. The van der Waals surface area contributed by atoms with E-state index in [4.69, 9.17) is 7.60 Å². The van der Waals surface area contributed by atoms with Gasteiger partial charge in [0, 0.05) is 7.11 Å². The lowest BCUT2D eigenvalue weighted by Gasteiger charge is -2.24. The maximum Gasteiger partial charge on any atom is 0.310 e. The Morgan fingerprint density at radius 2 is 2.00 bits per heavy atom. The number of ether oxygens (including phenoxy) is 1. The van der Waals surface area contributed by atoms with E-state index < -0.39 is 29.9 Å². The monoisotopic (exact) mass is 206 g/mol. The number of hydrogen-bond acceptors (Lipinski definition) is 5. The molecule has 0 aliphatic rings. The fourth-order valence-corrected chi connectivity index (χ4v) is 1.39. The van der Waals surface area contributed by atoms with Gasteiger partial charge in [0.1, 0.15) is 0 Å². The Kier molecular flexibility index (Phi) is 3.78. The maximum absolute atomic E-state index is 11.4. The smallest absolute Gasteiger partial charge is 0.310 e. The minimum absolute atomic E-state index is 0.478. The molecule has 3 atom stereocenters. The molecule has 0 aliphatic carbocycles. The number of rotatable bonds is 6. The summed E-state index contributed by atoms with van der Waals surface area (Å²) >= 11 is 0. The van der Waals surface area contributed by atoms with Crippen LogP contribution in [0.1, 0.15) is 20.3 Å². The number of aliphatic carboxylic acids is 2. The van der Waals surface area contributed by atoms with Crippen molar-refractivity contribution in [1.29, 1.82) is 2.86 Å². The van der Waals surface area contributed by atoms with Crippen LogP contribution in [0.15, 0.2) is 0 Å². The van der Waals surface area contributed by atoms with Gasteiger partial charge in [-0.25, -0.2) is 0 Å². The standard InChI is InChI=1S/C9H16O5/c1-4-6(14-3)7(9(12)13)5(2)8(10)11/h5-7H,4H2,1-3H3,(H,10,11)(H,12,13)/i/hD2. The first kappa shape index (κ1) is 9.45. The summed E-state index contributed by atoms with van der Waals surface area (Å²) in [4.78, 5) is 22.5. The van der Waals surface area contributed by atoms with Crippen LogP contribution in [0.4, 0.5) is 0 Å². The number of carbonyl (C=O) groups is 2. The molecule has 82 valence electrons. The highest BCUT2D eigenvalue weighted by Gasteiger charge is 2.36. The third kappa shape index (κ3) is 2.99. The highest BCUT2D eigenvalue weighted by atomic mass is 16.5. The first-order valence-electron chi connectivity index (χ1n) is 5.21. The van der Waals surface area contributed by atoms with Gasteiger partial charge < -0.3 is 15.0 Å². The summed E-state index contributed by atoms with van der Waals surface area (Å²) in [7, 11) is 1.40. The minimum atomic E-state index is -0.939. The Balaban J connectivity index is 4.92. The second kappa shape index (κ2) is 5.59. The molecule has 0 heterocycles. The van der Waals surface area contributed by atoms with Crippen molar-refractivity contribution in [2.45, 2.75) is 26.4 Å². The zero-order valence-electron chi connectivity index (χ0n) is 10.5. The summed E-state index contributed by atoms with van der Waals surface area (Å²) in [6.45, 7) is 3.21. The van der Waals surface area contributed by atoms with Crippen molar-refractivity contribution in [1.82, 2.24) is 0 Å². The van der Waals surface area contributed by atoms with Gasteiger partial charge in [-0.05, 0) is 6.42 Å². The molecule has 3 unspecified atom stereocenters. The normalized spacial score (nSPS) is 18.5. The summed E-state index contributed by atoms with van der Waals surface area (Å²) in [5.41, 5.74) is 0. The van der Waals surface area contributed by atoms with Crippen molar-refractivity contribution < 1.29 is 24.5 Å². The molecule has 0 saturated heterocycles. The fraction of sp³-hybridized carbons (Fsp3) is 0.778. The number of carboxylic acid groups (broad SMARTS) is 2. The fourth-order valence-electron chi connectivity index (χ4n) is 1.39. The van der Waals surface area contributed by atoms with Crippen molar-refractivity contribution in [3.8, 4) is 0 Å². The SMILES string of the molecule is [2H]OC(=O)C(C)C(C(=O)O[2H])C(CC)OC. The highest BCUT2D eigenvalue weighted by molar-refractivity contribution is 5.80. The molecule has 2 N–H and O–H groups in total. The lowest BCUT2D eigenvalue weighted by molar-refractivity contribution is -0.159. The molecule has 0 aromatic carbocycles. The van der Waals surface area contributed by atoms with Gasteiger partial charge in [0.25, 0.3) is 2.86 Å². The van der Waals surface area contributed by atoms with Gasteiger partial charge in [-0.15, -0.1) is 0 Å². The van der Waals surface area contributed by atoms with E-state index in [0.29, 0.717) is 6.42 Å². The number of methoxy groups -OCH3 is 1. The lowest BCUT2D eigenvalue weighted by Crippen LogP contribution is -2.37. The van der Waals surface area contributed by atoms with Crippen LogP contribution in [0.3, 0.4) is 0 Å². The summed E-state index contributed by atoms with van der Waals surface area (Å²) in [5.74, 6) is -3.55. The van der Waals surface area contributed by atoms with Crippen molar-refractivity contribution in [2.24, 2.45) is 11.8 Å². The first-order chi connectivity index (χ1) is 7.53. The zero-order valence-corrected chi connectivity index (χ0v) is 8.48. The summed E-state index contributed by atoms with van der Waals surface area (Å²) in [6, 6.07) is 0. The Hall–Kier alpha value is -1.10. The Morgan fingerprint density at radius 1 is 1.43 bits per heavy atom. The van der Waals surface area contributed by atoms with E-state index in [2.05, 4.69) is 10.2 Å². The van der Waals surface area contributed by atoms with E-state index in [9.17, 15) is 9.59 Å². The predicted molar refractivity (Wildman–Crippen MR) is 49.0 cm³/mol. The van der Waals surface area contributed by atoms with Gasteiger partial charge in [-0.3, -0.25) is 9.59 Å².